The molecule has 1 aliphatic heterocycles. The summed E-state index contributed by atoms with van der Waals surface area (Å²) in [6.45, 7) is 17.3. The highest BCUT2D eigenvalue weighted by Gasteiger charge is 2.47. The number of aliphatic hydroxyl groups is 1. The second-order valence-corrected chi connectivity index (χ2v) is 11.0. The number of rotatable bonds is 13. The maximum Gasteiger partial charge on any atom is 0.330 e. The van der Waals surface area contributed by atoms with Gasteiger partial charge < -0.3 is 24.9 Å². The van der Waals surface area contributed by atoms with Crippen molar-refractivity contribution in [2.75, 3.05) is 19.6 Å². The Hall–Kier alpha value is -3.03. The van der Waals surface area contributed by atoms with E-state index in [0.717, 1.165) is 25.7 Å². The Kier molecular flexibility index (Phi) is 12.2. The normalized spacial score (nSPS) is 17.1. The molecule has 2 amide bonds. The maximum absolute atomic E-state index is 13.3. The number of carbonyl (C=O) groups is 3. The fourth-order valence-corrected chi connectivity index (χ4v) is 4.11. The number of aliphatic hydroxyl groups excluding tert-OH is 1. The number of allylic oxidation sites excluding steroid dienone is 3. The molecule has 1 rings (SSSR count). The van der Waals surface area contributed by atoms with Gasteiger partial charge in [0.2, 0.25) is 0 Å². The van der Waals surface area contributed by atoms with Gasteiger partial charge in [-0.1, -0.05) is 32.8 Å². The highest BCUT2D eigenvalue weighted by Crippen LogP contribution is 2.31. The van der Waals surface area contributed by atoms with Crippen LogP contribution >= 0.6 is 0 Å². The van der Waals surface area contributed by atoms with Crippen molar-refractivity contribution in [3.8, 4) is 0 Å². The molecular weight excluding hydrogens is 470 g/mol. The minimum absolute atomic E-state index is 0.0318. The molecule has 2 N–H and O–H groups in total. The first-order valence-corrected chi connectivity index (χ1v) is 13.3. The van der Waals surface area contributed by atoms with Gasteiger partial charge in [-0.25, -0.2) is 4.79 Å². The molecule has 1 heterocycles. The number of nitrogens with zero attached hydrogens (tertiary/aromatic N) is 3. The number of unbranched alkanes of at least 4 members (excludes halogenated alkanes) is 2. The third-order valence-electron chi connectivity index (χ3n) is 6.59. The Morgan fingerprint density at radius 2 is 1.51 bits per heavy atom. The van der Waals surface area contributed by atoms with Crippen LogP contribution in [0.5, 0.6) is 0 Å². The van der Waals surface area contributed by atoms with Crippen LogP contribution in [0, 0.1) is 0 Å². The smallest absolute Gasteiger partial charge is 0.330 e. The molecule has 0 spiro atoms. The number of carbonyl (C=O) groups excluding carboxylic acids is 2. The SMILES string of the molecule is CCCCN1C(=O)C(=C/C(O)=C/C=C/N(CCC=C(C)C(=O)O)C(C)(C)C)C(=O)N(CCCC)C1(C)C. The van der Waals surface area contributed by atoms with Gasteiger partial charge in [-0.05, 0) is 85.2 Å². The summed E-state index contributed by atoms with van der Waals surface area (Å²) >= 11 is 0. The lowest BCUT2D eigenvalue weighted by molar-refractivity contribution is -0.160. The molecule has 1 saturated heterocycles. The quantitative estimate of drug-likeness (QED) is 0.147. The second kappa shape index (κ2) is 14.1. The van der Waals surface area contributed by atoms with Crippen LogP contribution in [0.2, 0.25) is 0 Å². The summed E-state index contributed by atoms with van der Waals surface area (Å²) in [5, 5.41) is 19.7. The third-order valence-corrected chi connectivity index (χ3v) is 6.59. The maximum atomic E-state index is 13.3. The summed E-state index contributed by atoms with van der Waals surface area (Å²) in [6, 6.07) is 0. The van der Waals surface area contributed by atoms with E-state index in [1.165, 1.54) is 12.2 Å². The summed E-state index contributed by atoms with van der Waals surface area (Å²) in [5.41, 5.74) is -0.705. The van der Waals surface area contributed by atoms with Gasteiger partial charge in [0.05, 0.1) is 0 Å². The molecule has 0 aromatic carbocycles. The highest BCUT2D eigenvalue weighted by atomic mass is 16.4. The number of carboxylic acids is 1. The average molecular weight is 518 g/mol. The summed E-state index contributed by atoms with van der Waals surface area (Å²) in [5.74, 6) is -1.85. The zero-order valence-electron chi connectivity index (χ0n) is 24.0. The van der Waals surface area contributed by atoms with Crippen molar-refractivity contribution in [1.82, 2.24) is 14.7 Å². The number of amides is 2. The molecule has 37 heavy (non-hydrogen) atoms. The number of hydrogen-bond acceptors (Lipinski definition) is 5. The van der Waals surface area contributed by atoms with Crippen LogP contribution in [0.1, 0.15) is 87.5 Å². The molecule has 0 saturated carbocycles. The van der Waals surface area contributed by atoms with Gasteiger partial charge >= 0.3 is 5.97 Å². The van der Waals surface area contributed by atoms with Gasteiger partial charge in [-0.15, -0.1) is 0 Å². The molecule has 0 atom stereocenters. The lowest BCUT2D eigenvalue weighted by atomic mass is 9.98. The zero-order valence-corrected chi connectivity index (χ0v) is 24.0. The standard InChI is InChI=1S/C29H47N3O5/c1-9-11-19-31-25(34)24(26(35)32(20-12-10-2)29(31,7)8)21-23(33)16-14-18-30(28(4,5)6)17-13-15-22(3)27(36)37/h14-16,18,21,33H,9-13,17,19-20H2,1-8H3,(H,36,37)/b18-14+,22-15?,23-16-. The van der Waals surface area contributed by atoms with E-state index in [0.29, 0.717) is 31.6 Å². The summed E-state index contributed by atoms with van der Waals surface area (Å²) < 4.78 is 0. The van der Waals surface area contributed by atoms with Gasteiger partial charge in [-0.3, -0.25) is 9.59 Å². The lowest BCUT2D eigenvalue weighted by Gasteiger charge is -2.50. The van der Waals surface area contributed by atoms with Gasteiger partial charge in [0.15, 0.2) is 0 Å². The first kappa shape index (κ1) is 32.0. The number of carboxylic acid groups (broad SMARTS) is 1. The highest BCUT2D eigenvalue weighted by molar-refractivity contribution is 6.20. The Labute approximate surface area is 223 Å². The summed E-state index contributed by atoms with van der Waals surface area (Å²) in [7, 11) is 0. The molecule has 1 fully saturated rings. The van der Waals surface area contributed by atoms with E-state index in [1.807, 2.05) is 45.7 Å². The average Bonchev–Trinajstić information content (AvgIpc) is 2.79. The van der Waals surface area contributed by atoms with E-state index in [4.69, 9.17) is 5.11 Å². The van der Waals surface area contributed by atoms with Crippen LogP contribution < -0.4 is 0 Å². The van der Waals surface area contributed by atoms with Crippen molar-refractivity contribution in [2.24, 2.45) is 0 Å². The fraction of sp³-hybridized carbons (Fsp3) is 0.621. The van der Waals surface area contributed by atoms with Crippen molar-refractivity contribution < 1.29 is 24.6 Å². The van der Waals surface area contributed by atoms with Crippen LogP contribution in [-0.4, -0.2) is 73.5 Å². The Bertz CT molecular complexity index is 906. The third kappa shape index (κ3) is 9.09. The molecule has 0 aliphatic carbocycles. The van der Waals surface area contributed by atoms with E-state index < -0.39 is 11.6 Å². The van der Waals surface area contributed by atoms with Crippen LogP contribution in [0.25, 0.3) is 0 Å². The Morgan fingerprint density at radius 3 is 1.95 bits per heavy atom. The van der Waals surface area contributed by atoms with Crippen molar-refractivity contribution in [2.45, 2.75) is 98.7 Å². The van der Waals surface area contributed by atoms with Crippen molar-refractivity contribution in [3.63, 3.8) is 0 Å². The van der Waals surface area contributed by atoms with Crippen LogP contribution in [0.3, 0.4) is 0 Å². The lowest BCUT2D eigenvalue weighted by Crippen LogP contribution is -2.66. The van der Waals surface area contributed by atoms with Gasteiger partial charge in [-0.2, -0.15) is 0 Å². The molecule has 0 radical (unpaired) electrons. The van der Waals surface area contributed by atoms with Crippen molar-refractivity contribution in [1.29, 1.82) is 0 Å². The van der Waals surface area contributed by atoms with E-state index in [2.05, 4.69) is 13.8 Å². The van der Waals surface area contributed by atoms with E-state index in [-0.39, 0.29) is 28.7 Å². The first-order chi connectivity index (χ1) is 17.2. The number of aliphatic carboxylic acids is 1. The largest absolute Gasteiger partial charge is 0.508 e. The predicted molar refractivity (Wildman–Crippen MR) is 148 cm³/mol. The van der Waals surface area contributed by atoms with Crippen molar-refractivity contribution in [3.05, 3.63) is 47.4 Å². The Morgan fingerprint density at radius 1 is 1.00 bits per heavy atom. The van der Waals surface area contributed by atoms with Crippen LogP contribution in [0.15, 0.2) is 47.4 Å². The molecule has 8 nitrogen and oxygen atoms in total. The summed E-state index contributed by atoms with van der Waals surface area (Å²) in [6.07, 6.45) is 11.9. The second-order valence-electron chi connectivity index (χ2n) is 11.0. The predicted octanol–water partition coefficient (Wildman–Crippen LogP) is 5.40. The van der Waals surface area contributed by atoms with Crippen LogP contribution in [-0.2, 0) is 14.4 Å². The van der Waals surface area contributed by atoms with E-state index >= 15 is 0 Å². The molecule has 0 unspecified atom stereocenters. The van der Waals surface area contributed by atoms with E-state index in [9.17, 15) is 19.5 Å². The minimum atomic E-state index is -0.935. The molecule has 0 aromatic rings. The number of hydrogen-bond donors (Lipinski definition) is 2. The molecule has 0 bridgehead atoms. The first-order valence-electron chi connectivity index (χ1n) is 13.3. The van der Waals surface area contributed by atoms with Crippen molar-refractivity contribution >= 4 is 17.8 Å². The monoisotopic (exact) mass is 517 g/mol. The van der Waals surface area contributed by atoms with Gasteiger partial charge in [0, 0.05) is 30.7 Å². The fourth-order valence-electron chi connectivity index (χ4n) is 4.11. The molecule has 208 valence electrons. The van der Waals surface area contributed by atoms with Gasteiger partial charge in [0.25, 0.3) is 11.8 Å². The summed E-state index contributed by atoms with van der Waals surface area (Å²) in [4.78, 5) is 43.2. The minimum Gasteiger partial charge on any atom is -0.508 e. The topological polar surface area (TPSA) is 101 Å². The molecule has 0 aromatic heterocycles. The molecule has 8 heteroatoms. The van der Waals surface area contributed by atoms with Crippen LogP contribution in [0.4, 0.5) is 0 Å². The Balaban J connectivity index is 3.21. The van der Waals surface area contributed by atoms with Gasteiger partial charge in [0.1, 0.15) is 17.0 Å². The zero-order chi connectivity index (χ0) is 28.4. The molecular formula is C29H47N3O5. The molecule has 1 aliphatic rings. The van der Waals surface area contributed by atoms with E-state index in [1.54, 1.807) is 28.9 Å².